The molecule has 0 fully saturated rings. The van der Waals surface area contributed by atoms with E-state index in [0.29, 0.717) is 28.0 Å². The second-order valence-corrected chi connectivity index (χ2v) is 6.56. The van der Waals surface area contributed by atoms with Gasteiger partial charge in [-0.1, -0.05) is 23.2 Å². The van der Waals surface area contributed by atoms with Crippen LogP contribution in [0.15, 0.2) is 22.4 Å². The van der Waals surface area contributed by atoms with Gasteiger partial charge in [-0.2, -0.15) is 0 Å². The van der Waals surface area contributed by atoms with Crippen molar-refractivity contribution >= 4 is 40.9 Å². The average Bonchev–Trinajstić information content (AvgIpc) is 2.69. The number of nitrogens with zero attached hydrogens (tertiary/aromatic N) is 3. The number of carboxylic acid groups (broad SMARTS) is 1. The second-order valence-electron chi connectivity index (χ2n) is 4.76. The Morgan fingerprint density at radius 3 is 2.77 bits per heavy atom. The van der Waals surface area contributed by atoms with Crippen LogP contribution in [0.2, 0.25) is 10.0 Å². The van der Waals surface area contributed by atoms with Crippen molar-refractivity contribution in [2.24, 2.45) is 0 Å². The number of aliphatic carboxylic acids is 1. The molecule has 2 aromatic heterocycles. The summed E-state index contributed by atoms with van der Waals surface area (Å²) in [5.41, 5.74) is 1.92. The summed E-state index contributed by atoms with van der Waals surface area (Å²) in [5, 5.41) is 11.1. The van der Waals surface area contributed by atoms with Gasteiger partial charge in [0.25, 0.3) is 0 Å². The van der Waals surface area contributed by atoms with E-state index in [1.54, 1.807) is 6.07 Å². The Labute approximate surface area is 142 Å². The Hall–Kier alpha value is -1.24. The zero-order valence-electron chi connectivity index (χ0n) is 12.1. The number of hydrogen-bond acceptors (Lipinski definition) is 4. The van der Waals surface area contributed by atoms with Crippen LogP contribution < -0.4 is 0 Å². The molecule has 1 N–H and O–H groups in total. The van der Waals surface area contributed by atoms with Gasteiger partial charge in [0.15, 0.2) is 5.16 Å². The minimum Gasteiger partial charge on any atom is -0.481 e. The summed E-state index contributed by atoms with van der Waals surface area (Å²) in [5.74, 6) is -0.800. The Kier molecular flexibility index (Phi) is 5.72. The summed E-state index contributed by atoms with van der Waals surface area (Å²) < 4.78 is 2.00. The maximum Gasteiger partial charge on any atom is 0.303 e. The number of rotatable bonds is 6. The standard InChI is InChI=1S/C14H15Cl2N3O2S/c1-8-9(2)19(5-3-4-12(20)21)14(18-8)22-13-11(16)6-10(15)7-17-13/h6-7H,3-5H2,1-2H3,(H,20,21). The molecular weight excluding hydrogens is 345 g/mol. The predicted octanol–water partition coefficient (Wildman–Crippen LogP) is 4.22. The fraction of sp³-hybridized carbons (Fsp3) is 0.357. The second kappa shape index (κ2) is 7.35. The molecule has 0 saturated heterocycles. The summed E-state index contributed by atoms with van der Waals surface area (Å²) in [7, 11) is 0. The molecule has 0 aromatic carbocycles. The van der Waals surface area contributed by atoms with E-state index in [1.807, 2.05) is 18.4 Å². The minimum absolute atomic E-state index is 0.126. The zero-order chi connectivity index (χ0) is 16.3. The van der Waals surface area contributed by atoms with Crippen LogP contribution in [-0.2, 0) is 11.3 Å². The van der Waals surface area contributed by atoms with Gasteiger partial charge in [0, 0.05) is 24.9 Å². The van der Waals surface area contributed by atoms with Gasteiger partial charge in [0.05, 0.1) is 15.7 Å². The minimum atomic E-state index is -0.800. The fourth-order valence-electron chi connectivity index (χ4n) is 1.92. The van der Waals surface area contributed by atoms with Crippen molar-refractivity contribution in [1.29, 1.82) is 0 Å². The third kappa shape index (κ3) is 4.15. The van der Waals surface area contributed by atoms with Crippen LogP contribution in [0.4, 0.5) is 0 Å². The molecule has 0 aliphatic carbocycles. The van der Waals surface area contributed by atoms with E-state index in [0.717, 1.165) is 16.5 Å². The Bertz CT molecular complexity index is 704. The molecule has 22 heavy (non-hydrogen) atoms. The number of carbonyl (C=O) groups is 1. The first-order chi connectivity index (χ1) is 10.4. The van der Waals surface area contributed by atoms with Crippen LogP contribution in [-0.4, -0.2) is 25.6 Å². The molecular formula is C14H15Cl2N3O2S. The highest BCUT2D eigenvalue weighted by Crippen LogP contribution is 2.33. The molecule has 0 bridgehead atoms. The molecule has 118 valence electrons. The van der Waals surface area contributed by atoms with Crippen molar-refractivity contribution in [2.75, 3.05) is 0 Å². The Morgan fingerprint density at radius 1 is 1.41 bits per heavy atom. The van der Waals surface area contributed by atoms with E-state index in [-0.39, 0.29) is 6.42 Å². The average molecular weight is 360 g/mol. The van der Waals surface area contributed by atoms with Crippen LogP contribution in [0, 0.1) is 13.8 Å². The molecule has 2 heterocycles. The van der Waals surface area contributed by atoms with Gasteiger partial charge in [-0.05, 0) is 38.1 Å². The van der Waals surface area contributed by atoms with Crippen molar-refractivity contribution < 1.29 is 9.90 Å². The van der Waals surface area contributed by atoms with E-state index < -0.39 is 5.97 Å². The van der Waals surface area contributed by atoms with E-state index in [9.17, 15) is 4.79 Å². The van der Waals surface area contributed by atoms with Crippen molar-refractivity contribution in [3.05, 3.63) is 33.7 Å². The maximum atomic E-state index is 10.7. The molecule has 8 heteroatoms. The maximum absolute atomic E-state index is 10.7. The first-order valence-electron chi connectivity index (χ1n) is 6.63. The number of aryl methyl sites for hydroxylation is 1. The van der Waals surface area contributed by atoms with Gasteiger partial charge in [-0.3, -0.25) is 4.79 Å². The molecule has 0 atom stereocenters. The highest BCUT2D eigenvalue weighted by Gasteiger charge is 2.15. The van der Waals surface area contributed by atoms with E-state index in [1.165, 1.54) is 18.0 Å². The quantitative estimate of drug-likeness (QED) is 0.836. The van der Waals surface area contributed by atoms with Gasteiger partial charge in [0.1, 0.15) is 5.03 Å². The highest BCUT2D eigenvalue weighted by atomic mass is 35.5. The smallest absolute Gasteiger partial charge is 0.303 e. The first-order valence-corrected chi connectivity index (χ1v) is 8.20. The van der Waals surface area contributed by atoms with Crippen LogP contribution in [0.1, 0.15) is 24.2 Å². The zero-order valence-corrected chi connectivity index (χ0v) is 14.5. The van der Waals surface area contributed by atoms with Gasteiger partial charge in [-0.25, -0.2) is 9.97 Å². The summed E-state index contributed by atoms with van der Waals surface area (Å²) >= 11 is 13.3. The van der Waals surface area contributed by atoms with Crippen LogP contribution in [0.5, 0.6) is 0 Å². The normalized spacial score (nSPS) is 10.9. The number of imidazole rings is 1. The SMILES string of the molecule is Cc1nc(Sc2ncc(Cl)cc2Cl)n(CCCC(=O)O)c1C. The van der Waals surface area contributed by atoms with Crippen LogP contribution in [0.25, 0.3) is 0 Å². The molecule has 0 spiro atoms. The summed E-state index contributed by atoms with van der Waals surface area (Å²) in [6.07, 6.45) is 2.20. The number of halogens is 2. The lowest BCUT2D eigenvalue weighted by Gasteiger charge is -2.09. The molecule has 5 nitrogen and oxygen atoms in total. The molecule has 0 aliphatic rings. The van der Waals surface area contributed by atoms with Crippen LogP contribution >= 0.6 is 35.0 Å². The lowest BCUT2D eigenvalue weighted by Crippen LogP contribution is -2.05. The summed E-state index contributed by atoms with van der Waals surface area (Å²) in [4.78, 5) is 19.4. The van der Waals surface area contributed by atoms with Gasteiger partial charge in [-0.15, -0.1) is 0 Å². The fourth-order valence-corrected chi connectivity index (χ4v) is 3.37. The molecule has 0 saturated carbocycles. The van der Waals surface area contributed by atoms with E-state index >= 15 is 0 Å². The number of hydrogen-bond donors (Lipinski definition) is 1. The lowest BCUT2D eigenvalue weighted by atomic mass is 10.3. The van der Waals surface area contributed by atoms with Gasteiger partial charge < -0.3 is 9.67 Å². The molecule has 0 amide bonds. The van der Waals surface area contributed by atoms with E-state index in [2.05, 4.69) is 9.97 Å². The summed E-state index contributed by atoms with van der Waals surface area (Å²) in [6.45, 7) is 4.47. The molecule has 0 radical (unpaired) electrons. The Morgan fingerprint density at radius 2 is 2.14 bits per heavy atom. The van der Waals surface area contributed by atoms with Crippen molar-refractivity contribution in [2.45, 2.75) is 43.4 Å². The third-order valence-electron chi connectivity index (χ3n) is 3.16. The molecule has 2 rings (SSSR count). The predicted molar refractivity (Wildman–Crippen MR) is 87.0 cm³/mol. The lowest BCUT2D eigenvalue weighted by molar-refractivity contribution is -0.137. The molecule has 0 aliphatic heterocycles. The number of pyridine rings is 1. The topological polar surface area (TPSA) is 68.0 Å². The van der Waals surface area contributed by atoms with Crippen molar-refractivity contribution in [1.82, 2.24) is 14.5 Å². The molecule has 0 unspecified atom stereocenters. The van der Waals surface area contributed by atoms with Crippen molar-refractivity contribution in [3.8, 4) is 0 Å². The summed E-state index contributed by atoms with van der Waals surface area (Å²) in [6, 6.07) is 1.63. The Balaban J connectivity index is 2.23. The van der Waals surface area contributed by atoms with E-state index in [4.69, 9.17) is 28.3 Å². The number of carboxylic acids is 1. The van der Waals surface area contributed by atoms with Crippen LogP contribution in [0.3, 0.4) is 0 Å². The molecule has 2 aromatic rings. The first kappa shape index (κ1) is 17.1. The third-order valence-corrected chi connectivity index (χ3v) is 4.78. The largest absolute Gasteiger partial charge is 0.481 e. The highest BCUT2D eigenvalue weighted by molar-refractivity contribution is 7.99. The van der Waals surface area contributed by atoms with Gasteiger partial charge in [0.2, 0.25) is 0 Å². The number of aromatic nitrogens is 3. The van der Waals surface area contributed by atoms with Gasteiger partial charge >= 0.3 is 5.97 Å². The van der Waals surface area contributed by atoms with Crippen molar-refractivity contribution in [3.63, 3.8) is 0 Å². The monoisotopic (exact) mass is 359 g/mol.